The lowest BCUT2D eigenvalue weighted by molar-refractivity contribution is 0.627. The van der Waals surface area contributed by atoms with E-state index in [1.807, 2.05) is 36.4 Å². The molecule has 1 aliphatic carbocycles. The molecular weight excluding hydrogens is 299 g/mol. The largest absolute Gasteiger partial charge is 0.399 e. The number of benzene rings is 2. The third kappa shape index (κ3) is 3.20. The number of hydrogen-bond donors (Lipinski definition) is 1. The van der Waals surface area contributed by atoms with Gasteiger partial charge in [0, 0.05) is 23.0 Å². The molecule has 0 radical (unpaired) electrons. The van der Waals surface area contributed by atoms with E-state index in [0.717, 1.165) is 40.1 Å². The van der Waals surface area contributed by atoms with E-state index in [0.29, 0.717) is 0 Å². The SMILES string of the molecule is C=CN=C(C1=C(C)CC(c2ccc(F)cc2)=C1)c1ccc(N)cc1. The number of allylic oxidation sites excluding steroid dienone is 4. The third-order valence-electron chi connectivity index (χ3n) is 4.11. The van der Waals surface area contributed by atoms with Crippen LogP contribution in [0.3, 0.4) is 0 Å². The van der Waals surface area contributed by atoms with Gasteiger partial charge in [-0.2, -0.15) is 0 Å². The van der Waals surface area contributed by atoms with Gasteiger partial charge >= 0.3 is 0 Å². The molecule has 1 aliphatic rings. The number of anilines is 1. The minimum absolute atomic E-state index is 0.224. The van der Waals surface area contributed by atoms with Gasteiger partial charge in [0.1, 0.15) is 5.82 Å². The molecule has 3 rings (SSSR count). The summed E-state index contributed by atoms with van der Waals surface area (Å²) in [4.78, 5) is 4.48. The zero-order valence-corrected chi connectivity index (χ0v) is 13.6. The van der Waals surface area contributed by atoms with Crippen molar-refractivity contribution in [2.45, 2.75) is 13.3 Å². The van der Waals surface area contributed by atoms with E-state index < -0.39 is 0 Å². The summed E-state index contributed by atoms with van der Waals surface area (Å²) in [6.45, 7) is 5.83. The van der Waals surface area contributed by atoms with Crippen molar-refractivity contribution in [2.24, 2.45) is 4.99 Å². The Morgan fingerprint density at radius 3 is 2.42 bits per heavy atom. The van der Waals surface area contributed by atoms with Crippen molar-refractivity contribution in [1.29, 1.82) is 0 Å². The van der Waals surface area contributed by atoms with Gasteiger partial charge in [-0.1, -0.05) is 36.4 Å². The fraction of sp³-hybridized carbons (Fsp3) is 0.0952. The maximum Gasteiger partial charge on any atom is 0.123 e. The topological polar surface area (TPSA) is 38.4 Å². The Morgan fingerprint density at radius 2 is 1.79 bits per heavy atom. The summed E-state index contributed by atoms with van der Waals surface area (Å²) in [7, 11) is 0. The normalized spacial score (nSPS) is 14.8. The molecule has 2 nitrogen and oxygen atoms in total. The van der Waals surface area contributed by atoms with Crippen molar-refractivity contribution < 1.29 is 4.39 Å². The summed E-state index contributed by atoms with van der Waals surface area (Å²) >= 11 is 0. The number of halogens is 1. The lowest BCUT2D eigenvalue weighted by atomic mass is 10.00. The zero-order chi connectivity index (χ0) is 17.1. The predicted octanol–water partition coefficient (Wildman–Crippen LogP) is 5.14. The van der Waals surface area contributed by atoms with Gasteiger partial charge < -0.3 is 5.73 Å². The Balaban J connectivity index is 2.00. The second-order valence-electron chi connectivity index (χ2n) is 5.83. The maximum absolute atomic E-state index is 13.1. The van der Waals surface area contributed by atoms with Gasteiger partial charge in [0.15, 0.2) is 0 Å². The van der Waals surface area contributed by atoms with Gasteiger partial charge in [0.05, 0.1) is 5.71 Å². The molecule has 0 fully saturated rings. The van der Waals surface area contributed by atoms with Crippen LogP contribution in [0.4, 0.5) is 10.1 Å². The van der Waals surface area contributed by atoms with E-state index in [-0.39, 0.29) is 5.82 Å². The van der Waals surface area contributed by atoms with Gasteiger partial charge in [-0.05, 0) is 54.8 Å². The molecule has 0 atom stereocenters. The summed E-state index contributed by atoms with van der Waals surface area (Å²) in [5.41, 5.74) is 12.9. The first-order valence-corrected chi connectivity index (χ1v) is 7.79. The van der Waals surface area contributed by atoms with Crippen LogP contribution in [0.1, 0.15) is 24.5 Å². The average molecular weight is 318 g/mol. The molecule has 0 bridgehead atoms. The van der Waals surface area contributed by atoms with Gasteiger partial charge in [-0.3, -0.25) is 4.99 Å². The van der Waals surface area contributed by atoms with E-state index in [9.17, 15) is 4.39 Å². The summed E-state index contributed by atoms with van der Waals surface area (Å²) in [6.07, 6.45) is 4.50. The third-order valence-corrected chi connectivity index (χ3v) is 4.11. The van der Waals surface area contributed by atoms with Gasteiger partial charge in [-0.25, -0.2) is 4.39 Å². The Morgan fingerprint density at radius 1 is 1.12 bits per heavy atom. The summed E-state index contributed by atoms with van der Waals surface area (Å²) < 4.78 is 13.1. The molecule has 2 N–H and O–H groups in total. The van der Waals surface area contributed by atoms with E-state index >= 15 is 0 Å². The monoisotopic (exact) mass is 318 g/mol. The zero-order valence-electron chi connectivity index (χ0n) is 13.6. The van der Waals surface area contributed by atoms with E-state index in [1.165, 1.54) is 17.7 Å². The average Bonchev–Trinajstić information content (AvgIpc) is 2.96. The van der Waals surface area contributed by atoms with Crippen molar-refractivity contribution >= 4 is 17.0 Å². The predicted molar refractivity (Wildman–Crippen MR) is 99.3 cm³/mol. The Bertz CT molecular complexity index is 854. The van der Waals surface area contributed by atoms with Crippen LogP contribution in [-0.2, 0) is 0 Å². The lowest BCUT2D eigenvalue weighted by Crippen LogP contribution is -2.04. The highest BCUT2D eigenvalue weighted by Gasteiger charge is 2.19. The molecule has 3 heteroatoms. The first-order chi connectivity index (χ1) is 11.6. The van der Waals surface area contributed by atoms with Crippen LogP contribution in [0.2, 0.25) is 0 Å². The van der Waals surface area contributed by atoms with Crippen LogP contribution in [0.25, 0.3) is 5.57 Å². The number of nitrogens with zero attached hydrogens (tertiary/aromatic N) is 1. The van der Waals surface area contributed by atoms with Crippen molar-refractivity contribution in [3.8, 4) is 0 Å². The molecule has 0 saturated heterocycles. The minimum atomic E-state index is -0.224. The molecule has 120 valence electrons. The summed E-state index contributed by atoms with van der Waals surface area (Å²) in [5, 5.41) is 0. The van der Waals surface area contributed by atoms with Crippen molar-refractivity contribution in [2.75, 3.05) is 5.73 Å². The summed E-state index contributed by atoms with van der Waals surface area (Å²) in [6, 6.07) is 14.2. The standard InChI is InChI=1S/C21H19FN2/c1-3-24-21(16-6-10-19(23)11-7-16)20-13-17(12-14(20)2)15-4-8-18(22)9-5-15/h3-11,13H,1,12,23H2,2H3. The molecule has 24 heavy (non-hydrogen) atoms. The van der Waals surface area contributed by atoms with E-state index in [1.54, 1.807) is 6.20 Å². The second kappa shape index (κ2) is 6.67. The highest BCUT2D eigenvalue weighted by Crippen LogP contribution is 2.34. The molecule has 0 unspecified atom stereocenters. The number of rotatable bonds is 4. The van der Waals surface area contributed by atoms with Crippen molar-refractivity contribution in [3.63, 3.8) is 0 Å². The lowest BCUT2D eigenvalue weighted by Gasteiger charge is -2.08. The van der Waals surface area contributed by atoms with E-state index in [2.05, 4.69) is 24.6 Å². The number of nitrogens with two attached hydrogens (primary N) is 1. The highest BCUT2D eigenvalue weighted by molar-refractivity contribution is 6.17. The number of hydrogen-bond acceptors (Lipinski definition) is 2. The molecule has 2 aromatic carbocycles. The van der Waals surface area contributed by atoms with Crippen molar-refractivity contribution in [3.05, 3.63) is 95.5 Å². The molecule has 0 aliphatic heterocycles. The fourth-order valence-electron chi connectivity index (χ4n) is 2.88. The van der Waals surface area contributed by atoms with Crippen LogP contribution < -0.4 is 5.73 Å². The van der Waals surface area contributed by atoms with Crippen molar-refractivity contribution in [1.82, 2.24) is 0 Å². The molecule has 0 aromatic heterocycles. The Kier molecular flexibility index (Phi) is 4.43. The maximum atomic E-state index is 13.1. The van der Waals surface area contributed by atoms with Crippen LogP contribution >= 0.6 is 0 Å². The number of aliphatic imine (C=N–C) groups is 1. The van der Waals surface area contributed by atoms with Crippen LogP contribution in [0, 0.1) is 5.82 Å². The molecule has 2 aromatic rings. The van der Waals surface area contributed by atoms with Gasteiger partial charge in [0.25, 0.3) is 0 Å². The summed E-state index contributed by atoms with van der Waals surface area (Å²) in [5.74, 6) is -0.224. The number of nitrogen functional groups attached to an aromatic ring is 1. The fourth-order valence-corrected chi connectivity index (χ4v) is 2.88. The first-order valence-electron chi connectivity index (χ1n) is 7.79. The van der Waals surface area contributed by atoms with Crippen LogP contribution in [0.5, 0.6) is 0 Å². The first kappa shape index (κ1) is 15.9. The van der Waals surface area contributed by atoms with Gasteiger partial charge in [0.2, 0.25) is 0 Å². The Hall–Kier alpha value is -2.94. The Labute approximate surface area is 141 Å². The highest BCUT2D eigenvalue weighted by atomic mass is 19.1. The molecule has 0 saturated carbocycles. The minimum Gasteiger partial charge on any atom is -0.399 e. The molecule has 0 spiro atoms. The smallest absolute Gasteiger partial charge is 0.123 e. The molecular formula is C21H19FN2. The quantitative estimate of drug-likeness (QED) is 0.615. The second-order valence-corrected chi connectivity index (χ2v) is 5.83. The van der Waals surface area contributed by atoms with E-state index in [4.69, 9.17) is 5.73 Å². The van der Waals surface area contributed by atoms with Gasteiger partial charge in [-0.15, -0.1) is 0 Å². The molecule has 0 amide bonds. The van der Waals surface area contributed by atoms with Crippen LogP contribution in [-0.4, -0.2) is 5.71 Å². The van der Waals surface area contributed by atoms with Crippen LogP contribution in [0.15, 0.2) is 83.5 Å². The molecule has 0 heterocycles.